The summed E-state index contributed by atoms with van der Waals surface area (Å²) in [6.07, 6.45) is 1.43. The molecule has 1 aliphatic heterocycles. The number of nitrogens with one attached hydrogen (secondary N) is 1. The third-order valence-electron chi connectivity index (χ3n) is 2.71. The predicted octanol–water partition coefficient (Wildman–Crippen LogP) is 0.0733. The van der Waals surface area contributed by atoms with Gasteiger partial charge in [-0.3, -0.25) is 4.79 Å². The van der Waals surface area contributed by atoms with Gasteiger partial charge in [0.05, 0.1) is 12.6 Å². The van der Waals surface area contributed by atoms with Gasteiger partial charge in [-0.1, -0.05) is 5.16 Å². The molecule has 0 spiro atoms. The van der Waals surface area contributed by atoms with Crippen LogP contribution in [0, 0.1) is 0 Å². The molecule has 21 heavy (non-hydrogen) atoms. The maximum atomic E-state index is 11.6. The molecule has 0 bridgehead atoms. The van der Waals surface area contributed by atoms with Crippen LogP contribution in [-0.4, -0.2) is 29.2 Å². The number of anilines is 1. The molecule has 0 radical (unpaired) electrons. The van der Waals surface area contributed by atoms with E-state index < -0.39 is 0 Å². The molecule has 1 aromatic heterocycles. The summed E-state index contributed by atoms with van der Waals surface area (Å²) in [6, 6.07) is 5.33. The lowest BCUT2D eigenvalue weighted by atomic mass is 10.2. The van der Waals surface area contributed by atoms with Gasteiger partial charge in [-0.05, 0) is 28.9 Å². The monoisotopic (exact) mass is 289 g/mol. The van der Waals surface area contributed by atoms with Gasteiger partial charge in [0.2, 0.25) is 12.7 Å². The van der Waals surface area contributed by atoms with Crippen molar-refractivity contribution in [2.75, 3.05) is 12.5 Å². The van der Waals surface area contributed by atoms with Gasteiger partial charge in [0.1, 0.15) is 5.69 Å². The topological polar surface area (TPSA) is 125 Å². The highest BCUT2D eigenvalue weighted by Gasteiger charge is 2.13. The molecule has 0 aliphatic carbocycles. The fourth-order valence-electron chi connectivity index (χ4n) is 1.70. The zero-order chi connectivity index (χ0) is 14.7. The Morgan fingerprint density at radius 2 is 2.24 bits per heavy atom. The van der Waals surface area contributed by atoms with Crippen LogP contribution in [0.1, 0.15) is 11.3 Å². The van der Waals surface area contributed by atoms with E-state index in [4.69, 9.17) is 15.2 Å². The van der Waals surface area contributed by atoms with Crippen LogP contribution in [0.3, 0.4) is 0 Å². The second-order valence-corrected chi connectivity index (χ2v) is 4.18. The number of carbonyl (C=O) groups is 1. The lowest BCUT2D eigenvalue weighted by Gasteiger charge is -1.98. The minimum absolute atomic E-state index is 0.0617. The molecule has 0 atom stereocenters. The first-order chi connectivity index (χ1) is 10.2. The molecule has 9 nitrogen and oxygen atoms in total. The Kier molecular flexibility index (Phi) is 3.37. The number of hydrogen-bond donors (Lipinski definition) is 2. The highest BCUT2D eigenvalue weighted by Crippen LogP contribution is 2.31. The first kappa shape index (κ1) is 12.9. The van der Waals surface area contributed by atoms with E-state index in [2.05, 4.69) is 25.5 Å². The lowest BCUT2D eigenvalue weighted by molar-refractivity contribution is -0.120. The number of carbonyl (C=O) groups excluding carboxylic acids is 1. The zero-order valence-electron chi connectivity index (χ0n) is 10.8. The summed E-state index contributed by atoms with van der Waals surface area (Å²) in [5, 5.41) is 10.7. The summed E-state index contributed by atoms with van der Waals surface area (Å²) < 4.78 is 14.8. The average Bonchev–Trinajstić information content (AvgIpc) is 3.08. The Hall–Kier alpha value is -3.10. The number of benzene rings is 1. The lowest BCUT2D eigenvalue weighted by Crippen LogP contribution is -2.20. The molecular formula is C12H11N5O4. The Morgan fingerprint density at radius 3 is 3.05 bits per heavy atom. The molecule has 3 N–H and O–H groups in total. The Bertz CT molecular complexity index is 697. The molecule has 9 heteroatoms. The fourth-order valence-corrected chi connectivity index (χ4v) is 1.70. The largest absolute Gasteiger partial charge is 0.454 e. The Labute approximate surface area is 118 Å². The second kappa shape index (κ2) is 5.49. The van der Waals surface area contributed by atoms with Crippen LogP contribution in [0.15, 0.2) is 27.9 Å². The van der Waals surface area contributed by atoms with Gasteiger partial charge in [-0.15, -0.1) is 0 Å². The number of nitrogen functional groups attached to an aromatic ring is 1. The van der Waals surface area contributed by atoms with E-state index in [1.54, 1.807) is 18.2 Å². The molecule has 0 saturated heterocycles. The Balaban J connectivity index is 1.57. The van der Waals surface area contributed by atoms with E-state index >= 15 is 0 Å². The number of fused-ring (bicyclic) bond motifs is 1. The molecule has 0 unspecified atom stereocenters. The molecular weight excluding hydrogens is 278 g/mol. The van der Waals surface area contributed by atoms with Crippen molar-refractivity contribution >= 4 is 17.9 Å². The Morgan fingerprint density at radius 1 is 1.38 bits per heavy atom. The minimum atomic E-state index is -0.380. The highest BCUT2D eigenvalue weighted by atomic mass is 16.7. The number of nitrogens with zero attached hydrogens (tertiary/aromatic N) is 3. The highest BCUT2D eigenvalue weighted by molar-refractivity contribution is 5.84. The summed E-state index contributed by atoms with van der Waals surface area (Å²) in [4.78, 5) is 11.6. The number of hydrazone groups is 1. The van der Waals surface area contributed by atoms with E-state index in [9.17, 15) is 4.79 Å². The van der Waals surface area contributed by atoms with Gasteiger partial charge < -0.3 is 15.2 Å². The molecule has 1 aromatic carbocycles. The van der Waals surface area contributed by atoms with Crippen molar-refractivity contribution in [1.82, 2.24) is 15.7 Å². The van der Waals surface area contributed by atoms with E-state index in [1.807, 2.05) is 0 Å². The first-order valence-electron chi connectivity index (χ1n) is 6.01. The van der Waals surface area contributed by atoms with Crippen LogP contribution in [0.2, 0.25) is 0 Å². The number of aromatic nitrogens is 2. The molecule has 0 fully saturated rings. The van der Waals surface area contributed by atoms with Gasteiger partial charge in [-0.2, -0.15) is 5.10 Å². The van der Waals surface area contributed by atoms with Crippen molar-refractivity contribution < 1.29 is 18.9 Å². The quantitative estimate of drug-likeness (QED) is 0.602. The van der Waals surface area contributed by atoms with E-state index in [0.717, 1.165) is 5.56 Å². The van der Waals surface area contributed by atoms with E-state index in [0.29, 0.717) is 11.5 Å². The van der Waals surface area contributed by atoms with Crippen LogP contribution < -0.4 is 20.6 Å². The number of hydrogen-bond acceptors (Lipinski definition) is 8. The molecule has 1 amide bonds. The third kappa shape index (κ3) is 2.91. The number of nitrogens with two attached hydrogens (primary N) is 1. The third-order valence-corrected chi connectivity index (χ3v) is 2.71. The van der Waals surface area contributed by atoms with E-state index in [1.165, 1.54) is 6.21 Å². The number of ether oxygens (including phenoxy) is 2. The zero-order valence-corrected chi connectivity index (χ0v) is 10.8. The van der Waals surface area contributed by atoms with E-state index in [-0.39, 0.29) is 30.6 Å². The fraction of sp³-hybridized carbons (Fsp3) is 0.167. The van der Waals surface area contributed by atoms with Gasteiger partial charge in [0.25, 0.3) is 0 Å². The van der Waals surface area contributed by atoms with Gasteiger partial charge in [0, 0.05) is 0 Å². The van der Waals surface area contributed by atoms with Crippen molar-refractivity contribution in [2.24, 2.45) is 5.10 Å². The first-order valence-corrected chi connectivity index (χ1v) is 6.01. The van der Waals surface area contributed by atoms with Crippen LogP contribution in [0.5, 0.6) is 11.5 Å². The average molecular weight is 289 g/mol. The van der Waals surface area contributed by atoms with Crippen molar-refractivity contribution in [3.8, 4) is 11.5 Å². The van der Waals surface area contributed by atoms with Gasteiger partial charge in [0.15, 0.2) is 17.3 Å². The maximum Gasteiger partial charge on any atom is 0.246 e. The molecule has 2 aromatic rings. The van der Waals surface area contributed by atoms with Crippen molar-refractivity contribution in [3.63, 3.8) is 0 Å². The van der Waals surface area contributed by atoms with Gasteiger partial charge >= 0.3 is 0 Å². The number of rotatable bonds is 4. The van der Waals surface area contributed by atoms with Crippen LogP contribution in [0.25, 0.3) is 0 Å². The summed E-state index contributed by atoms with van der Waals surface area (Å²) >= 11 is 0. The normalized spacial score (nSPS) is 12.8. The molecule has 3 rings (SSSR count). The smallest absolute Gasteiger partial charge is 0.246 e. The van der Waals surface area contributed by atoms with Gasteiger partial charge in [-0.25, -0.2) is 10.1 Å². The SMILES string of the molecule is Nc1nonc1CC(=O)NN=Cc1ccc2c(c1)OCO2. The molecule has 1 aliphatic rings. The standard InChI is InChI=1S/C12H11N5O4/c13-12-8(16-21-17-12)4-11(18)15-14-5-7-1-2-9-10(3-7)20-6-19-9/h1-3,5H,4,6H2,(H2,13,17)(H,15,18). The molecule has 2 heterocycles. The maximum absolute atomic E-state index is 11.6. The van der Waals surface area contributed by atoms with Crippen LogP contribution in [0.4, 0.5) is 5.82 Å². The van der Waals surface area contributed by atoms with Crippen LogP contribution >= 0.6 is 0 Å². The summed E-state index contributed by atoms with van der Waals surface area (Å²) in [5.41, 5.74) is 8.84. The van der Waals surface area contributed by atoms with Crippen molar-refractivity contribution in [3.05, 3.63) is 29.5 Å². The summed E-state index contributed by atoms with van der Waals surface area (Å²) in [5.74, 6) is 1.04. The summed E-state index contributed by atoms with van der Waals surface area (Å²) in [6.45, 7) is 0.208. The molecule has 108 valence electrons. The van der Waals surface area contributed by atoms with Crippen LogP contribution in [-0.2, 0) is 11.2 Å². The summed E-state index contributed by atoms with van der Waals surface area (Å²) in [7, 11) is 0. The molecule has 0 saturated carbocycles. The van der Waals surface area contributed by atoms with Crippen molar-refractivity contribution in [1.29, 1.82) is 0 Å². The minimum Gasteiger partial charge on any atom is -0.454 e. The second-order valence-electron chi connectivity index (χ2n) is 4.18. The predicted molar refractivity (Wildman–Crippen MR) is 70.7 cm³/mol. The number of amides is 1. The van der Waals surface area contributed by atoms with Crippen molar-refractivity contribution in [2.45, 2.75) is 6.42 Å².